The van der Waals surface area contributed by atoms with Crippen molar-refractivity contribution in [3.05, 3.63) is 11.7 Å². The van der Waals surface area contributed by atoms with Gasteiger partial charge in [0.1, 0.15) is 5.60 Å². The fraction of sp³-hybridized carbons (Fsp3) is 0.833. The minimum absolute atomic E-state index is 0.329. The molecule has 2 rings (SSSR count). The molecule has 17 heavy (non-hydrogen) atoms. The highest BCUT2D eigenvalue weighted by molar-refractivity contribution is 5.10. The van der Waals surface area contributed by atoms with E-state index in [1.165, 1.54) is 0 Å². The molecule has 5 heteroatoms. The fourth-order valence-corrected chi connectivity index (χ4v) is 2.18. The van der Waals surface area contributed by atoms with Gasteiger partial charge < -0.3 is 15.0 Å². The lowest BCUT2D eigenvalue weighted by atomic mass is 9.79. The molecule has 0 aromatic carbocycles. The molecule has 0 saturated heterocycles. The van der Waals surface area contributed by atoms with Gasteiger partial charge in [0, 0.05) is 7.11 Å². The first kappa shape index (κ1) is 12.5. The van der Waals surface area contributed by atoms with Crippen LogP contribution in [0.5, 0.6) is 0 Å². The zero-order valence-corrected chi connectivity index (χ0v) is 10.8. The van der Waals surface area contributed by atoms with E-state index in [2.05, 4.69) is 10.1 Å². The van der Waals surface area contributed by atoms with Crippen molar-refractivity contribution in [2.75, 3.05) is 7.11 Å². The highest BCUT2D eigenvalue weighted by Gasteiger charge is 2.44. The van der Waals surface area contributed by atoms with Gasteiger partial charge in [-0.25, -0.2) is 0 Å². The molecular formula is C12H21N3O2. The highest BCUT2D eigenvalue weighted by Crippen LogP contribution is 2.43. The Balaban J connectivity index is 2.27. The van der Waals surface area contributed by atoms with Gasteiger partial charge in [0.2, 0.25) is 11.7 Å². The predicted molar refractivity (Wildman–Crippen MR) is 63.3 cm³/mol. The minimum Gasteiger partial charge on any atom is -0.370 e. The highest BCUT2D eigenvalue weighted by atomic mass is 16.5. The van der Waals surface area contributed by atoms with Gasteiger partial charge in [0.15, 0.2) is 0 Å². The number of nitrogens with zero attached hydrogens (tertiary/aromatic N) is 2. The quantitative estimate of drug-likeness (QED) is 0.851. The Labute approximate surface area is 102 Å². The van der Waals surface area contributed by atoms with Crippen LogP contribution in [0.25, 0.3) is 0 Å². The molecule has 5 nitrogen and oxygen atoms in total. The van der Waals surface area contributed by atoms with Crippen molar-refractivity contribution in [2.45, 2.75) is 57.1 Å². The number of nitrogens with two attached hydrogens (primary N) is 1. The molecule has 0 radical (unpaired) electrons. The number of aromatic nitrogens is 2. The Morgan fingerprint density at radius 3 is 2.47 bits per heavy atom. The van der Waals surface area contributed by atoms with Gasteiger partial charge >= 0.3 is 0 Å². The second-order valence-electron chi connectivity index (χ2n) is 4.84. The van der Waals surface area contributed by atoms with Gasteiger partial charge in [0.05, 0.1) is 5.54 Å². The van der Waals surface area contributed by atoms with E-state index in [0.717, 1.165) is 32.1 Å². The topological polar surface area (TPSA) is 74.2 Å². The van der Waals surface area contributed by atoms with Crippen LogP contribution in [0.2, 0.25) is 0 Å². The van der Waals surface area contributed by atoms with Crippen molar-refractivity contribution in [3.8, 4) is 0 Å². The molecule has 1 saturated carbocycles. The first-order valence-electron chi connectivity index (χ1n) is 6.29. The smallest absolute Gasteiger partial charge is 0.246 e. The van der Waals surface area contributed by atoms with Crippen LogP contribution in [-0.4, -0.2) is 17.3 Å². The first-order chi connectivity index (χ1) is 8.10. The van der Waals surface area contributed by atoms with Crippen LogP contribution in [0.15, 0.2) is 4.52 Å². The first-order valence-corrected chi connectivity index (χ1v) is 6.29. The molecule has 1 heterocycles. The van der Waals surface area contributed by atoms with E-state index in [4.69, 9.17) is 15.0 Å². The van der Waals surface area contributed by atoms with E-state index in [1.54, 1.807) is 7.11 Å². The number of rotatable bonds is 5. The molecule has 2 N–H and O–H groups in total. The summed E-state index contributed by atoms with van der Waals surface area (Å²) in [6.45, 7) is 4.06. The largest absolute Gasteiger partial charge is 0.370 e. The van der Waals surface area contributed by atoms with Crippen LogP contribution in [0, 0.1) is 0 Å². The monoisotopic (exact) mass is 239 g/mol. The standard InChI is InChI=1S/C12H21N3O2/c1-4-11(13,5-2)10-14-9(15-17-10)12(16-3)7-6-8-12/h4-8,13H2,1-3H3. The number of hydrogen-bond acceptors (Lipinski definition) is 5. The predicted octanol–water partition coefficient (Wildman–Crippen LogP) is 2.07. The van der Waals surface area contributed by atoms with Crippen LogP contribution < -0.4 is 5.73 Å². The molecule has 1 aliphatic rings. The van der Waals surface area contributed by atoms with Crippen molar-refractivity contribution in [3.63, 3.8) is 0 Å². The third-order valence-corrected chi connectivity index (χ3v) is 4.07. The zero-order valence-electron chi connectivity index (χ0n) is 10.8. The van der Waals surface area contributed by atoms with Crippen LogP contribution in [0.3, 0.4) is 0 Å². The SMILES string of the molecule is CCC(N)(CC)c1nc(C2(OC)CCC2)no1. The second kappa shape index (κ2) is 4.38. The molecule has 0 atom stereocenters. The lowest BCUT2D eigenvalue weighted by Gasteiger charge is -2.37. The summed E-state index contributed by atoms with van der Waals surface area (Å²) < 4.78 is 10.9. The summed E-state index contributed by atoms with van der Waals surface area (Å²) >= 11 is 0. The van der Waals surface area contributed by atoms with Crippen molar-refractivity contribution in [1.29, 1.82) is 0 Å². The summed E-state index contributed by atoms with van der Waals surface area (Å²) in [5.41, 5.74) is 5.40. The van der Waals surface area contributed by atoms with Crippen LogP contribution in [0.4, 0.5) is 0 Å². The lowest BCUT2D eigenvalue weighted by molar-refractivity contribution is -0.0858. The van der Waals surface area contributed by atoms with Crippen LogP contribution >= 0.6 is 0 Å². The maximum Gasteiger partial charge on any atom is 0.246 e. The molecule has 0 aliphatic heterocycles. The summed E-state index contributed by atoms with van der Waals surface area (Å²) in [5.74, 6) is 1.18. The Bertz CT molecular complexity index is 348. The molecule has 1 aliphatic carbocycles. The van der Waals surface area contributed by atoms with Gasteiger partial charge in [-0.15, -0.1) is 0 Å². The summed E-state index contributed by atoms with van der Waals surface area (Å²) in [7, 11) is 1.70. The van der Waals surface area contributed by atoms with Gasteiger partial charge in [-0.05, 0) is 32.1 Å². The average Bonchev–Trinajstić information content (AvgIpc) is 2.78. The van der Waals surface area contributed by atoms with Crippen molar-refractivity contribution in [1.82, 2.24) is 10.1 Å². The number of methoxy groups -OCH3 is 1. The van der Waals surface area contributed by atoms with E-state index in [9.17, 15) is 0 Å². The van der Waals surface area contributed by atoms with E-state index in [0.29, 0.717) is 11.7 Å². The van der Waals surface area contributed by atoms with E-state index in [-0.39, 0.29) is 5.60 Å². The Morgan fingerprint density at radius 2 is 2.06 bits per heavy atom. The van der Waals surface area contributed by atoms with Crippen LogP contribution in [0.1, 0.15) is 57.7 Å². The Kier molecular flexibility index (Phi) is 3.23. The van der Waals surface area contributed by atoms with E-state index < -0.39 is 5.54 Å². The van der Waals surface area contributed by atoms with Crippen molar-refractivity contribution in [2.24, 2.45) is 5.73 Å². The maximum atomic E-state index is 6.24. The molecular weight excluding hydrogens is 218 g/mol. The van der Waals surface area contributed by atoms with Gasteiger partial charge in [-0.3, -0.25) is 0 Å². The normalized spacial score (nSPS) is 19.1. The van der Waals surface area contributed by atoms with E-state index >= 15 is 0 Å². The lowest BCUT2D eigenvalue weighted by Crippen LogP contribution is -2.38. The van der Waals surface area contributed by atoms with Crippen LogP contribution in [-0.2, 0) is 15.9 Å². The summed E-state index contributed by atoms with van der Waals surface area (Å²) in [6.07, 6.45) is 4.62. The van der Waals surface area contributed by atoms with Gasteiger partial charge in [0.25, 0.3) is 0 Å². The molecule has 0 amide bonds. The van der Waals surface area contributed by atoms with E-state index in [1.807, 2.05) is 13.8 Å². The molecule has 0 bridgehead atoms. The summed E-state index contributed by atoms with van der Waals surface area (Å²) in [5, 5.41) is 4.05. The van der Waals surface area contributed by atoms with Crippen molar-refractivity contribution < 1.29 is 9.26 Å². The molecule has 0 spiro atoms. The Hall–Kier alpha value is -0.940. The second-order valence-corrected chi connectivity index (χ2v) is 4.84. The number of hydrogen-bond donors (Lipinski definition) is 1. The summed E-state index contributed by atoms with van der Waals surface area (Å²) in [4.78, 5) is 4.46. The maximum absolute atomic E-state index is 6.24. The molecule has 96 valence electrons. The Morgan fingerprint density at radius 1 is 1.41 bits per heavy atom. The molecule has 1 aromatic heterocycles. The zero-order chi connectivity index (χ0) is 12.5. The minimum atomic E-state index is -0.510. The third-order valence-electron chi connectivity index (χ3n) is 4.07. The fourth-order valence-electron chi connectivity index (χ4n) is 2.18. The molecule has 1 fully saturated rings. The third kappa shape index (κ3) is 1.87. The van der Waals surface area contributed by atoms with Gasteiger partial charge in [-0.2, -0.15) is 4.98 Å². The molecule has 0 unspecified atom stereocenters. The molecule has 1 aromatic rings. The average molecular weight is 239 g/mol. The number of ether oxygens (including phenoxy) is 1. The summed E-state index contributed by atoms with van der Waals surface area (Å²) in [6, 6.07) is 0. The van der Waals surface area contributed by atoms with Crippen molar-refractivity contribution >= 4 is 0 Å². The van der Waals surface area contributed by atoms with Gasteiger partial charge in [-0.1, -0.05) is 19.0 Å².